The molecule has 0 aliphatic carbocycles. The van der Waals surface area contributed by atoms with Crippen LogP contribution >= 0.6 is 15.9 Å². The van der Waals surface area contributed by atoms with Crippen molar-refractivity contribution in [1.82, 2.24) is 9.97 Å². The Morgan fingerprint density at radius 1 is 1.09 bits per heavy atom. The van der Waals surface area contributed by atoms with Crippen molar-refractivity contribution < 1.29 is 4.74 Å². The molecule has 5 heteroatoms. The third-order valence-corrected chi connectivity index (χ3v) is 4.01. The molecule has 1 heterocycles. The number of benzene rings is 2. The number of halogens is 1. The summed E-state index contributed by atoms with van der Waals surface area (Å²) in [5.41, 5.74) is 2.94. The summed E-state index contributed by atoms with van der Waals surface area (Å²) in [5, 5.41) is 4.32. The topological polar surface area (TPSA) is 47.0 Å². The molecule has 4 nitrogen and oxygen atoms in total. The Labute approximate surface area is 144 Å². The Balaban J connectivity index is 2.02. The molecule has 3 aromatic rings. The lowest BCUT2D eigenvalue weighted by Crippen LogP contribution is -2.08. The summed E-state index contributed by atoms with van der Waals surface area (Å²) < 4.78 is 6.09. The van der Waals surface area contributed by atoms with Crippen LogP contribution in [0.25, 0.3) is 22.2 Å². The summed E-state index contributed by atoms with van der Waals surface area (Å²) in [6, 6.07) is 16.3. The first-order chi connectivity index (χ1) is 11.3. The second-order valence-corrected chi connectivity index (χ2v) is 6.11. The molecule has 0 spiro atoms. The molecule has 0 amide bonds. The van der Waals surface area contributed by atoms with E-state index in [1.807, 2.05) is 30.3 Å². The molecule has 1 N–H and O–H groups in total. The van der Waals surface area contributed by atoms with Crippen LogP contribution in [0.15, 0.2) is 53.0 Å². The van der Waals surface area contributed by atoms with Crippen molar-refractivity contribution in [3.63, 3.8) is 0 Å². The maximum absolute atomic E-state index is 5.07. The fourth-order valence-corrected chi connectivity index (χ4v) is 2.77. The van der Waals surface area contributed by atoms with Gasteiger partial charge in [-0.1, -0.05) is 46.3 Å². The first-order valence-electron chi connectivity index (χ1n) is 7.53. The number of hydrogen-bond acceptors (Lipinski definition) is 4. The van der Waals surface area contributed by atoms with Gasteiger partial charge in [0.25, 0.3) is 0 Å². The first kappa shape index (κ1) is 15.9. The first-order valence-corrected chi connectivity index (χ1v) is 8.33. The summed E-state index contributed by atoms with van der Waals surface area (Å²) in [6.07, 6.45) is 0.916. The van der Waals surface area contributed by atoms with Crippen molar-refractivity contribution in [3.8, 4) is 11.3 Å². The predicted molar refractivity (Wildman–Crippen MR) is 97.7 cm³/mol. The Morgan fingerprint density at radius 2 is 1.91 bits per heavy atom. The van der Waals surface area contributed by atoms with E-state index >= 15 is 0 Å². The molecule has 0 atom stereocenters. The van der Waals surface area contributed by atoms with Gasteiger partial charge in [-0.15, -0.1) is 0 Å². The lowest BCUT2D eigenvalue weighted by atomic mass is 10.1. The molecule has 0 saturated heterocycles. The fourth-order valence-electron chi connectivity index (χ4n) is 2.41. The number of ether oxygens (including phenoxy) is 1. The van der Waals surface area contributed by atoms with E-state index in [0.717, 1.165) is 46.2 Å². The summed E-state index contributed by atoms with van der Waals surface area (Å²) in [7, 11) is 1.71. The Bertz CT molecular complexity index is 793. The van der Waals surface area contributed by atoms with Crippen molar-refractivity contribution >= 4 is 32.8 Å². The van der Waals surface area contributed by atoms with Gasteiger partial charge in [0.1, 0.15) is 0 Å². The van der Waals surface area contributed by atoms with E-state index < -0.39 is 0 Å². The SMILES string of the molecule is COCCCNc1nc(-c2ccccc2)c2cc(Br)ccc2n1. The number of aromatic nitrogens is 2. The summed E-state index contributed by atoms with van der Waals surface area (Å²) >= 11 is 3.53. The molecule has 3 rings (SSSR count). The lowest BCUT2D eigenvalue weighted by Gasteiger charge is -2.10. The van der Waals surface area contributed by atoms with E-state index in [2.05, 4.69) is 44.4 Å². The van der Waals surface area contributed by atoms with Crippen LogP contribution in [0.2, 0.25) is 0 Å². The second kappa shape index (κ2) is 7.53. The minimum atomic E-state index is 0.648. The van der Waals surface area contributed by atoms with Crippen molar-refractivity contribution in [2.75, 3.05) is 25.6 Å². The maximum Gasteiger partial charge on any atom is 0.223 e. The van der Waals surface area contributed by atoms with Gasteiger partial charge in [0.2, 0.25) is 5.95 Å². The molecule has 2 aromatic carbocycles. The van der Waals surface area contributed by atoms with Crippen molar-refractivity contribution in [2.45, 2.75) is 6.42 Å². The zero-order valence-electron chi connectivity index (χ0n) is 12.9. The number of anilines is 1. The van der Waals surface area contributed by atoms with Crippen LogP contribution < -0.4 is 5.32 Å². The molecule has 0 radical (unpaired) electrons. The number of hydrogen-bond donors (Lipinski definition) is 1. The van der Waals surface area contributed by atoms with E-state index in [-0.39, 0.29) is 0 Å². The van der Waals surface area contributed by atoms with Crippen molar-refractivity contribution in [3.05, 3.63) is 53.0 Å². The summed E-state index contributed by atoms with van der Waals surface area (Å²) in [6.45, 7) is 1.50. The fraction of sp³-hybridized carbons (Fsp3) is 0.222. The minimum Gasteiger partial charge on any atom is -0.385 e. The van der Waals surface area contributed by atoms with Crippen molar-refractivity contribution in [2.24, 2.45) is 0 Å². The monoisotopic (exact) mass is 371 g/mol. The highest BCUT2D eigenvalue weighted by atomic mass is 79.9. The number of fused-ring (bicyclic) bond motifs is 1. The van der Waals surface area contributed by atoms with Gasteiger partial charge < -0.3 is 10.1 Å². The van der Waals surface area contributed by atoms with Gasteiger partial charge in [0.15, 0.2) is 0 Å². The number of methoxy groups -OCH3 is 1. The highest BCUT2D eigenvalue weighted by molar-refractivity contribution is 9.10. The lowest BCUT2D eigenvalue weighted by molar-refractivity contribution is 0.197. The van der Waals surface area contributed by atoms with Gasteiger partial charge >= 0.3 is 0 Å². The highest BCUT2D eigenvalue weighted by Crippen LogP contribution is 2.29. The zero-order chi connectivity index (χ0) is 16.1. The predicted octanol–water partition coefficient (Wildman–Crippen LogP) is 4.51. The molecular weight excluding hydrogens is 354 g/mol. The van der Waals surface area contributed by atoms with E-state index in [0.29, 0.717) is 5.95 Å². The number of nitrogens with zero attached hydrogens (tertiary/aromatic N) is 2. The van der Waals surface area contributed by atoms with Gasteiger partial charge in [-0.2, -0.15) is 0 Å². The standard InChI is InChI=1S/C18H18BrN3O/c1-23-11-5-10-20-18-21-16-9-8-14(19)12-15(16)17(22-18)13-6-3-2-4-7-13/h2-4,6-9,12H,5,10-11H2,1H3,(H,20,21,22). The highest BCUT2D eigenvalue weighted by Gasteiger charge is 2.10. The normalized spacial score (nSPS) is 10.9. The molecule has 1 aromatic heterocycles. The minimum absolute atomic E-state index is 0.648. The second-order valence-electron chi connectivity index (χ2n) is 5.20. The third-order valence-electron chi connectivity index (χ3n) is 3.51. The molecular formula is C18H18BrN3O. The van der Waals surface area contributed by atoms with Crippen LogP contribution in [0, 0.1) is 0 Å². The van der Waals surface area contributed by atoms with Gasteiger partial charge in [-0.3, -0.25) is 0 Å². The molecule has 0 fully saturated rings. The van der Waals surface area contributed by atoms with Crippen LogP contribution in [0.4, 0.5) is 5.95 Å². The number of rotatable bonds is 6. The number of nitrogens with one attached hydrogen (secondary N) is 1. The summed E-state index contributed by atoms with van der Waals surface area (Å²) in [5.74, 6) is 0.648. The summed E-state index contributed by atoms with van der Waals surface area (Å²) in [4.78, 5) is 9.34. The van der Waals surface area contributed by atoms with E-state index in [9.17, 15) is 0 Å². The Hall–Kier alpha value is -1.98. The van der Waals surface area contributed by atoms with Crippen LogP contribution in [-0.2, 0) is 4.74 Å². The van der Waals surface area contributed by atoms with E-state index in [1.165, 1.54) is 0 Å². The van der Waals surface area contributed by atoms with E-state index in [4.69, 9.17) is 9.72 Å². The largest absolute Gasteiger partial charge is 0.385 e. The van der Waals surface area contributed by atoms with Gasteiger partial charge in [-0.25, -0.2) is 9.97 Å². The molecule has 0 saturated carbocycles. The molecule has 118 valence electrons. The Kier molecular flexibility index (Phi) is 5.20. The van der Waals surface area contributed by atoms with Crippen molar-refractivity contribution in [1.29, 1.82) is 0 Å². The average molecular weight is 372 g/mol. The molecule has 23 heavy (non-hydrogen) atoms. The molecule has 0 unspecified atom stereocenters. The average Bonchev–Trinajstić information content (AvgIpc) is 2.59. The maximum atomic E-state index is 5.07. The van der Waals surface area contributed by atoms with Crippen LogP contribution in [-0.4, -0.2) is 30.2 Å². The van der Waals surface area contributed by atoms with E-state index in [1.54, 1.807) is 7.11 Å². The zero-order valence-corrected chi connectivity index (χ0v) is 14.5. The third kappa shape index (κ3) is 3.86. The molecule has 0 aliphatic heterocycles. The Morgan fingerprint density at radius 3 is 2.70 bits per heavy atom. The smallest absolute Gasteiger partial charge is 0.223 e. The van der Waals surface area contributed by atoms with Crippen LogP contribution in [0.5, 0.6) is 0 Å². The van der Waals surface area contributed by atoms with Crippen LogP contribution in [0.3, 0.4) is 0 Å². The van der Waals surface area contributed by atoms with Gasteiger partial charge in [0.05, 0.1) is 11.2 Å². The molecule has 0 aliphatic rings. The molecule has 0 bridgehead atoms. The van der Waals surface area contributed by atoms with Gasteiger partial charge in [0, 0.05) is 35.7 Å². The quantitative estimate of drug-likeness (QED) is 0.647. The van der Waals surface area contributed by atoms with Crippen LogP contribution in [0.1, 0.15) is 6.42 Å². The van der Waals surface area contributed by atoms with Gasteiger partial charge in [-0.05, 0) is 24.6 Å².